The van der Waals surface area contributed by atoms with Gasteiger partial charge in [0.1, 0.15) is 6.67 Å². The van der Waals surface area contributed by atoms with Crippen molar-refractivity contribution in [2.75, 3.05) is 17.7 Å². The van der Waals surface area contributed by atoms with Crippen molar-refractivity contribution in [3.63, 3.8) is 0 Å². The number of nitrogens with one attached hydrogen (secondary N) is 3. The fourth-order valence-corrected chi connectivity index (χ4v) is 3.19. The van der Waals surface area contributed by atoms with Crippen molar-refractivity contribution in [1.82, 2.24) is 10.9 Å². The number of aliphatic imine (C=N–C) groups is 1. The van der Waals surface area contributed by atoms with E-state index in [2.05, 4.69) is 21.2 Å². The van der Waals surface area contributed by atoms with Crippen LogP contribution in [0.25, 0.3) is 11.1 Å². The van der Waals surface area contributed by atoms with Gasteiger partial charge in [0, 0.05) is 5.69 Å². The monoisotopic (exact) mass is 448 g/mol. The molecular weight excluding hydrogens is 434 g/mol. The predicted molar refractivity (Wildman–Crippen MR) is 102 cm³/mol. The maximum Gasteiger partial charge on any atom is 0.416 e. The summed E-state index contributed by atoms with van der Waals surface area (Å²) in [6.45, 7) is 0.400. The molecule has 0 fully saturated rings. The smallest absolute Gasteiger partial charge is 0.325 e. The van der Waals surface area contributed by atoms with E-state index in [-0.39, 0.29) is 28.9 Å². The minimum atomic E-state index is -4.92. The molecular formula is C18H14F6N4OS. The molecule has 0 aromatic heterocycles. The summed E-state index contributed by atoms with van der Waals surface area (Å²) in [4.78, 5) is 16.0. The van der Waals surface area contributed by atoms with Crippen LogP contribution in [0.1, 0.15) is 11.1 Å². The highest BCUT2D eigenvalue weighted by atomic mass is 32.2. The van der Waals surface area contributed by atoms with E-state index in [1.807, 2.05) is 0 Å². The maximum atomic E-state index is 13.0. The number of anilines is 1. The second-order valence-electron chi connectivity index (χ2n) is 6.13. The summed E-state index contributed by atoms with van der Waals surface area (Å²) in [7, 11) is 0. The van der Waals surface area contributed by atoms with Gasteiger partial charge in [-0.2, -0.15) is 26.3 Å². The first kappa shape index (κ1) is 22.0. The molecule has 2 aromatic rings. The van der Waals surface area contributed by atoms with Crippen LogP contribution >= 0.6 is 11.8 Å². The minimum Gasteiger partial charge on any atom is -0.325 e. The van der Waals surface area contributed by atoms with Crippen LogP contribution in [0, 0.1) is 0 Å². The summed E-state index contributed by atoms with van der Waals surface area (Å²) in [5.74, 6) is -0.278. The van der Waals surface area contributed by atoms with Gasteiger partial charge >= 0.3 is 12.4 Å². The zero-order chi connectivity index (χ0) is 21.9. The number of amides is 1. The van der Waals surface area contributed by atoms with Crippen LogP contribution in [-0.4, -0.2) is 23.5 Å². The maximum absolute atomic E-state index is 13.0. The molecule has 5 nitrogen and oxygen atoms in total. The Morgan fingerprint density at radius 1 is 0.967 bits per heavy atom. The van der Waals surface area contributed by atoms with E-state index in [9.17, 15) is 31.1 Å². The SMILES string of the molecule is O=C(CSC1=NCNN1)Nc1ccc(-c2cc(C(F)(F)F)cc(C(F)(F)F)c2)cc1. The number of hydrogen-bond donors (Lipinski definition) is 3. The third-order valence-electron chi connectivity index (χ3n) is 3.93. The van der Waals surface area contributed by atoms with Gasteiger partial charge in [-0.25, -0.2) is 10.4 Å². The highest BCUT2D eigenvalue weighted by Crippen LogP contribution is 2.38. The second-order valence-corrected chi connectivity index (χ2v) is 7.10. The normalized spacial score (nSPS) is 14.3. The van der Waals surface area contributed by atoms with Gasteiger partial charge in [0.05, 0.1) is 16.9 Å². The summed E-state index contributed by atoms with van der Waals surface area (Å²) >= 11 is 1.17. The van der Waals surface area contributed by atoms with Gasteiger partial charge in [-0.05, 0) is 41.5 Å². The van der Waals surface area contributed by atoms with Crippen LogP contribution in [-0.2, 0) is 17.1 Å². The van der Waals surface area contributed by atoms with Gasteiger partial charge < -0.3 is 5.32 Å². The van der Waals surface area contributed by atoms with Gasteiger partial charge in [-0.3, -0.25) is 10.2 Å². The van der Waals surface area contributed by atoms with Crippen molar-refractivity contribution >= 4 is 28.5 Å². The number of hydrogen-bond acceptors (Lipinski definition) is 5. The average molecular weight is 448 g/mol. The largest absolute Gasteiger partial charge is 0.416 e. The number of thioether (sulfide) groups is 1. The lowest BCUT2D eigenvalue weighted by molar-refractivity contribution is -0.143. The Hall–Kier alpha value is -2.73. The van der Waals surface area contributed by atoms with E-state index < -0.39 is 23.5 Å². The molecule has 3 rings (SSSR count). The van der Waals surface area contributed by atoms with E-state index in [1.54, 1.807) is 0 Å². The number of benzene rings is 2. The van der Waals surface area contributed by atoms with Crippen molar-refractivity contribution in [3.8, 4) is 11.1 Å². The molecule has 0 saturated carbocycles. The molecule has 0 spiro atoms. The molecule has 12 heteroatoms. The Labute approximate surface area is 170 Å². The average Bonchev–Trinajstić information content (AvgIpc) is 3.19. The second kappa shape index (κ2) is 8.56. The van der Waals surface area contributed by atoms with Gasteiger partial charge in [0.25, 0.3) is 0 Å². The minimum absolute atomic E-state index is 0.0673. The zero-order valence-electron chi connectivity index (χ0n) is 15.0. The van der Waals surface area contributed by atoms with Gasteiger partial charge in [-0.15, -0.1) is 0 Å². The number of carbonyl (C=O) groups is 1. The van der Waals surface area contributed by atoms with Crippen LogP contribution in [0.15, 0.2) is 47.5 Å². The van der Waals surface area contributed by atoms with Gasteiger partial charge in [0.15, 0.2) is 5.17 Å². The van der Waals surface area contributed by atoms with E-state index in [4.69, 9.17) is 0 Å². The van der Waals surface area contributed by atoms with Crippen LogP contribution in [0.2, 0.25) is 0 Å². The van der Waals surface area contributed by atoms with Crippen molar-refractivity contribution in [2.45, 2.75) is 12.4 Å². The number of nitrogens with zero attached hydrogens (tertiary/aromatic N) is 1. The molecule has 1 heterocycles. The molecule has 1 aliphatic heterocycles. The Bertz CT molecular complexity index is 924. The van der Waals surface area contributed by atoms with Crippen molar-refractivity contribution in [2.24, 2.45) is 4.99 Å². The van der Waals surface area contributed by atoms with Gasteiger partial charge in [0.2, 0.25) is 5.91 Å². The predicted octanol–water partition coefficient (Wildman–Crippen LogP) is 4.48. The van der Waals surface area contributed by atoms with Gasteiger partial charge in [-0.1, -0.05) is 23.9 Å². The van der Waals surface area contributed by atoms with Crippen LogP contribution in [0.3, 0.4) is 0 Å². The van der Waals surface area contributed by atoms with Crippen LogP contribution < -0.4 is 16.2 Å². The summed E-state index contributed by atoms with van der Waals surface area (Å²) in [6, 6.07) is 6.87. The Morgan fingerprint density at radius 2 is 1.57 bits per heavy atom. The lowest BCUT2D eigenvalue weighted by Crippen LogP contribution is -2.28. The number of alkyl halides is 6. The molecule has 1 aliphatic rings. The third kappa shape index (κ3) is 5.66. The molecule has 160 valence electrons. The van der Waals surface area contributed by atoms with E-state index in [0.717, 1.165) is 0 Å². The Morgan fingerprint density at radius 3 is 2.07 bits per heavy atom. The lowest BCUT2D eigenvalue weighted by atomic mass is 9.99. The van der Waals surface area contributed by atoms with Crippen molar-refractivity contribution in [3.05, 3.63) is 53.6 Å². The van der Waals surface area contributed by atoms with Crippen molar-refractivity contribution in [1.29, 1.82) is 0 Å². The number of hydrazine groups is 1. The number of rotatable bonds is 4. The number of carbonyl (C=O) groups excluding carboxylic acids is 1. The van der Waals surface area contributed by atoms with Crippen molar-refractivity contribution < 1.29 is 31.1 Å². The van der Waals surface area contributed by atoms with E-state index >= 15 is 0 Å². The fourth-order valence-electron chi connectivity index (χ4n) is 2.55. The molecule has 0 unspecified atom stereocenters. The fraction of sp³-hybridized carbons (Fsp3) is 0.222. The van der Waals surface area contributed by atoms with E-state index in [1.165, 1.54) is 36.0 Å². The molecule has 0 saturated heterocycles. The van der Waals surface area contributed by atoms with E-state index in [0.29, 0.717) is 29.7 Å². The molecule has 0 atom stereocenters. The molecule has 0 bridgehead atoms. The number of amidine groups is 1. The summed E-state index contributed by atoms with van der Waals surface area (Å²) in [5, 5.41) is 3.15. The van der Waals surface area contributed by atoms with Crippen LogP contribution in [0.5, 0.6) is 0 Å². The molecule has 3 N–H and O–H groups in total. The molecule has 2 aromatic carbocycles. The van der Waals surface area contributed by atoms with Crippen LogP contribution in [0.4, 0.5) is 32.0 Å². The zero-order valence-corrected chi connectivity index (χ0v) is 15.8. The first-order chi connectivity index (χ1) is 14.0. The Balaban J connectivity index is 1.76. The molecule has 0 aliphatic carbocycles. The molecule has 0 radical (unpaired) electrons. The number of halogens is 6. The first-order valence-electron chi connectivity index (χ1n) is 8.38. The summed E-state index contributed by atoms with van der Waals surface area (Å²) < 4.78 is 78.1. The Kier molecular flexibility index (Phi) is 6.27. The summed E-state index contributed by atoms with van der Waals surface area (Å²) in [6.07, 6.45) is -9.84. The summed E-state index contributed by atoms with van der Waals surface area (Å²) in [5.41, 5.74) is 2.99. The topological polar surface area (TPSA) is 65.5 Å². The first-order valence-corrected chi connectivity index (χ1v) is 9.37. The highest BCUT2D eigenvalue weighted by Gasteiger charge is 2.37. The highest BCUT2D eigenvalue weighted by molar-refractivity contribution is 8.14. The quantitative estimate of drug-likeness (QED) is 0.604. The molecule has 1 amide bonds. The lowest BCUT2D eigenvalue weighted by Gasteiger charge is -2.14. The molecule has 30 heavy (non-hydrogen) atoms. The third-order valence-corrected chi connectivity index (χ3v) is 4.84. The standard InChI is InChI=1S/C18H14F6N4OS/c19-17(20,21)12-5-11(6-13(7-12)18(22,23)24)10-1-3-14(4-2-10)27-15(29)8-30-16-25-9-26-28-16/h1-7,26H,8-9H2,(H,25,28)(H,27,29).